The third kappa shape index (κ3) is 5.12. The average Bonchev–Trinajstić information content (AvgIpc) is 3.18. The molecular formula is C25H32N4O3S. The highest BCUT2D eigenvalue weighted by atomic mass is 32.2. The molecule has 0 aliphatic carbocycles. The molecular weight excluding hydrogens is 436 g/mol. The number of para-hydroxylation sites is 2. The molecule has 1 fully saturated rings. The molecule has 2 N–H and O–H groups in total. The minimum atomic E-state index is -3.56. The van der Waals surface area contributed by atoms with E-state index in [1.165, 1.54) is 4.31 Å². The van der Waals surface area contributed by atoms with E-state index < -0.39 is 10.0 Å². The van der Waals surface area contributed by atoms with Crippen molar-refractivity contribution in [3.8, 4) is 0 Å². The first-order chi connectivity index (χ1) is 15.8. The molecule has 4 rings (SSSR count). The van der Waals surface area contributed by atoms with Crippen LogP contribution in [-0.4, -0.2) is 48.2 Å². The van der Waals surface area contributed by atoms with E-state index in [1.54, 1.807) is 0 Å². The van der Waals surface area contributed by atoms with Gasteiger partial charge >= 0.3 is 0 Å². The second-order valence-electron chi connectivity index (χ2n) is 9.00. The van der Waals surface area contributed by atoms with E-state index in [9.17, 15) is 13.2 Å². The van der Waals surface area contributed by atoms with Crippen LogP contribution in [0.1, 0.15) is 41.8 Å². The molecule has 3 aromatic rings. The van der Waals surface area contributed by atoms with Crippen LogP contribution in [0.2, 0.25) is 0 Å². The Labute approximate surface area is 195 Å². The fourth-order valence-electron chi connectivity index (χ4n) is 4.80. The van der Waals surface area contributed by atoms with Gasteiger partial charge in [0.2, 0.25) is 15.9 Å². The number of rotatable bonds is 7. The number of aromatic nitrogens is 2. The predicted molar refractivity (Wildman–Crippen MR) is 130 cm³/mol. The maximum atomic E-state index is 13.2. The van der Waals surface area contributed by atoms with Gasteiger partial charge in [-0.3, -0.25) is 4.79 Å². The first kappa shape index (κ1) is 23.4. The highest BCUT2D eigenvalue weighted by molar-refractivity contribution is 7.89. The number of carbonyl (C=O) groups excluding carboxylic acids is 1. The lowest BCUT2D eigenvalue weighted by Gasteiger charge is -2.31. The minimum absolute atomic E-state index is 0.0133. The lowest BCUT2D eigenvalue weighted by atomic mass is 9.97. The smallest absolute Gasteiger partial charge is 0.243 e. The summed E-state index contributed by atoms with van der Waals surface area (Å²) in [4.78, 5) is 20.9. The van der Waals surface area contributed by atoms with Gasteiger partial charge in [-0.2, -0.15) is 4.31 Å². The number of nitrogens with one attached hydrogen (secondary N) is 2. The van der Waals surface area contributed by atoms with Crippen molar-refractivity contribution >= 4 is 27.0 Å². The lowest BCUT2D eigenvalue weighted by molar-refractivity contribution is -0.126. The SMILES string of the molecule is Cc1cc(C)c(S(=O)(=O)N2CCC(C(=O)NCCCc3nc4ccccc4[nH]3)CC2)c(C)c1. The number of aromatic amines is 1. The Kier molecular flexibility index (Phi) is 6.86. The molecule has 1 amide bonds. The number of sulfonamides is 1. The number of fused-ring (bicyclic) bond motifs is 1. The third-order valence-electron chi connectivity index (χ3n) is 6.36. The monoisotopic (exact) mass is 468 g/mol. The summed E-state index contributed by atoms with van der Waals surface area (Å²) in [6.07, 6.45) is 2.64. The van der Waals surface area contributed by atoms with Gasteiger partial charge in [0.25, 0.3) is 0 Å². The van der Waals surface area contributed by atoms with Crippen LogP contribution in [0.25, 0.3) is 11.0 Å². The standard InChI is InChI=1S/C25H32N4O3S/c1-17-15-18(2)24(19(3)16-17)33(31,32)29-13-10-20(11-14-29)25(30)26-12-6-9-23-27-21-7-4-5-8-22(21)28-23/h4-5,7-8,15-16,20H,6,9-14H2,1-3H3,(H,26,30)(H,27,28). The van der Waals surface area contributed by atoms with Gasteiger partial charge < -0.3 is 10.3 Å². The van der Waals surface area contributed by atoms with Gasteiger partial charge in [0.05, 0.1) is 15.9 Å². The summed E-state index contributed by atoms with van der Waals surface area (Å²) in [5.41, 5.74) is 4.58. The summed E-state index contributed by atoms with van der Waals surface area (Å²) in [6, 6.07) is 11.7. The zero-order valence-electron chi connectivity index (χ0n) is 19.5. The molecule has 0 saturated carbocycles. The molecule has 0 unspecified atom stereocenters. The molecule has 0 bridgehead atoms. The molecule has 0 atom stereocenters. The number of amides is 1. The molecule has 176 valence electrons. The number of benzene rings is 2. The first-order valence-corrected chi connectivity index (χ1v) is 13.0. The Morgan fingerprint density at radius 1 is 1.12 bits per heavy atom. The van der Waals surface area contributed by atoms with Crippen molar-refractivity contribution < 1.29 is 13.2 Å². The van der Waals surface area contributed by atoms with E-state index in [0.717, 1.165) is 46.4 Å². The molecule has 2 aromatic carbocycles. The highest BCUT2D eigenvalue weighted by Crippen LogP contribution is 2.28. The molecule has 7 nitrogen and oxygen atoms in total. The van der Waals surface area contributed by atoms with Crippen molar-refractivity contribution in [2.24, 2.45) is 5.92 Å². The molecule has 1 saturated heterocycles. The van der Waals surface area contributed by atoms with Crippen molar-refractivity contribution in [1.82, 2.24) is 19.6 Å². The van der Waals surface area contributed by atoms with Gasteiger partial charge in [0.1, 0.15) is 5.82 Å². The van der Waals surface area contributed by atoms with Crippen molar-refractivity contribution in [3.63, 3.8) is 0 Å². The van der Waals surface area contributed by atoms with Gasteiger partial charge in [-0.15, -0.1) is 0 Å². The van der Waals surface area contributed by atoms with E-state index in [-0.39, 0.29) is 11.8 Å². The number of imidazole rings is 1. The molecule has 2 heterocycles. The molecule has 0 radical (unpaired) electrons. The largest absolute Gasteiger partial charge is 0.356 e. The number of nitrogens with zero attached hydrogens (tertiary/aromatic N) is 2. The van der Waals surface area contributed by atoms with E-state index in [4.69, 9.17) is 0 Å². The Balaban J connectivity index is 1.26. The molecule has 0 spiro atoms. The Morgan fingerprint density at radius 2 is 1.79 bits per heavy atom. The van der Waals surface area contributed by atoms with Crippen LogP contribution in [0.15, 0.2) is 41.3 Å². The lowest BCUT2D eigenvalue weighted by Crippen LogP contribution is -2.43. The molecule has 1 aliphatic heterocycles. The van der Waals surface area contributed by atoms with Gasteiger partial charge in [0.15, 0.2) is 0 Å². The second kappa shape index (κ2) is 9.65. The van der Waals surface area contributed by atoms with Crippen LogP contribution in [-0.2, 0) is 21.2 Å². The fraction of sp³-hybridized carbons (Fsp3) is 0.440. The van der Waals surface area contributed by atoms with Crippen LogP contribution in [0.4, 0.5) is 0 Å². The van der Waals surface area contributed by atoms with Crippen molar-refractivity contribution in [2.75, 3.05) is 19.6 Å². The van der Waals surface area contributed by atoms with Crippen molar-refractivity contribution in [3.05, 3.63) is 58.9 Å². The Hall–Kier alpha value is -2.71. The maximum absolute atomic E-state index is 13.2. The summed E-state index contributed by atoms with van der Waals surface area (Å²) < 4.78 is 28.0. The number of aryl methyl sites for hydroxylation is 4. The average molecular weight is 469 g/mol. The van der Waals surface area contributed by atoms with Gasteiger partial charge in [-0.1, -0.05) is 29.8 Å². The number of carbonyl (C=O) groups is 1. The van der Waals surface area contributed by atoms with Crippen molar-refractivity contribution in [2.45, 2.75) is 51.3 Å². The van der Waals surface area contributed by atoms with Crippen LogP contribution < -0.4 is 5.32 Å². The van der Waals surface area contributed by atoms with Crippen LogP contribution in [0, 0.1) is 26.7 Å². The molecule has 8 heteroatoms. The maximum Gasteiger partial charge on any atom is 0.243 e. The molecule has 1 aromatic heterocycles. The van der Waals surface area contributed by atoms with Gasteiger partial charge in [-0.25, -0.2) is 13.4 Å². The van der Waals surface area contributed by atoms with Crippen LogP contribution >= 0.6 is 0 Å². The van der Waals surface area contributed by atoms with E-state index in [0.29, 0.717) is 37.4 Å². The number of H-pyrrole nitrogens is 1. The zero-order chi connectivity index (χ0) is 23.6. The van der Waals surface area contributed by atoms with E-state index in [2.05, 4.69) is 15.3 Å². The highest BCUT2D eigenvalue weighted by Gasteiger charge is 2.33. The van der Waals surface area contributed by atoms with Crippen LogP contribution in [0.3, 0.4) is 0 Å². The van der Waals surface area contributed by atoms with Crippen LogP contribution in [0.5, 0.6) is 0 Å². The second-order valence-corrected chi connectivity index (χ2v) is 10.9. The Morgan fingerprint density at radius 3 is 2.45 bits per heavy atom. The quantitative estimate of drug-likeness (QED) is 0.518. The Bertz CT molecular complexity index is 1200. The van der Waals surface area contributed by atoms with Crippen molar-refractivity contribution in [1.29, 1.82) is 0 Å². The summed E-state index contributed by atoms with van der Waals surface area (Å²) in [7, 11) is -3.56. The first-order valence-electron chi connectivity index (χ1n) is 11.5. The third-order valence-corrected chi connectivity index (χ3v) is 8.56. The van der Waals surface area contributed by atoms with Gasteiger partial charge in [0, 0.05) is 32.0 Å². The fourth-order valence-corrected chi connectivity index (χ4v) is 6.68. The topological polar surface area (TPSA) is 95.2 Å². The normalized spacial score (nSPS) is 15.7. The van der Waals surface area contributed by atoms with Gasteiger partial charge in [-0.05, 0) is 63.3 Å². The number of piperidine rings is 1. The zero-order valence-corrected chi connectivity index (χ0v) is 20.3. The molecule has 1 aliphatic rings. The predicted octanol–water partition coefficient (Wildman–Crippen LogP) is 3.64. The number of hydrogen-bond donors (Lipinski definition) is 2. The number of hydrogen-bond acceptors (Lipinski definition) is 4. The summed E-state index contributed by atoms with van der Waals surface area (Å²) in [6.45, 7) is 6.97. The summed E-state index contributed by atoms with van der Waals surface area (Å²) in [5, 5.41) is 3.02. The van der Waals surface area contributed by atoms with E-state index in [1.807, 2.05) is 57.2 Å². The summed E-state index contributed by atoms with van der Waals surface area (Å²) >= 11 is 0. The molecule has 33 heavy (non-hydrogen) atoms. The summed E-state index contributed by atoms with van der Waals surface area (Å²) in [5.74, 6) is 0.785. The van der Waals surface area contributed by atoms with E-state index >= 15 is 0 Å². The minimum Gasteiger partial charge on any atom is -0.356 e.